The summed E-state index contributed by atoms with van der Waals surface area (Å²) in [7, 11) is 0. The van der Waals surface area contributed by atoms with Crippen LogP contribution in [0.15, 0.2) is 5.18 Å². The van der Waals surface area contributed by atoms with Crippen LogP contribution in [0.2, 0.25) is 0 Å². The van der Waals surface area contributed by atoms with Crippen molar-refractivity contribution >= 4 is 12.0 Å². The third-order valence-electron chi connectivity index (χ3n) is 3.25. The predicted molar refractivity (Wildman–Crippen MR) is 89.2 cm³/mol. The van der Waals surface area contributed by atoms with Crippen molar-refractivity contribution in [3.05, 3.63) is 4.91 Å². The van der Waals surface area contributed by atoms with Crippen molar-refractivity contribution in [1.82, 2.24) is 16.0 Å². The highest BCUT2D eigenvalue weighted by Crippen LogP contribution is 2.11. The molecule has 0 saturated carbocycles. The second kappa shape index (κ2) is 9.44. The second-order valence-electron chi connectivity index (χ2n) is 6.99. The molecule has 0 aliphatic heterocycles. The van der Waals surface area contributed by atoms with Gasteiger partial charge in [-0.25, -0.2) is 4.79 Å². The van der Waals surface area contributed by atoms with Gasteiger partial charge in [0.05, 0.1) is 6.54 Å². The van der Waals surface area contributed by atoms with Gasteiger partial charge in [-0.1, -0.05) is 5.18 Å². The smallest absolute Gasteiger partial charge is 0.408 e. The number of amides is 2. The van der Waals surface area contributed by atoms with Gasteiger partial charge in [0.25, 0.3) is 0 Å². The van der Waals surface area contributed by atoms with Gasteiger partial charge in [-0.2, -0.15) is 4.91 Å². The monoisotopic (exact) mass is 330 g/mol. The lowest BCUT2D eigenvalue weighted by atomic mass is 9.97. The van der Waals surface area contributed by atoms with Gasteiger partial charge in [-0.05, 0) is 54.5 Å². The molecule has 0 heterocycles. The molecule has 0 bridgehead atoms. The van der Waals surface area contributed by atoms with E-state index in [4.69, 9.17) is 4.74 Å². The molecule has 0 aromatic rings. The minimum absolute atomic E-state index is 0.125. The van der Waals surface area contributed by atoms with Crippen molar-refractivity contribution in [2.45, 2.75) is 65.1 Å². The van der Waals surface area contributed by atoms with E-state index in [-0.39, 0.29) is 24.0 Å². The van der Waals surface area contributed by atoms with Crippen molar-refractivity contribution in [3.8, 4) is 0 Å². The first kappa shape index (κ1) is 21.3. The van der Waals surface area contributed by atoms with Crippen LogP contribution in [0.4, 0.5) is 4.79 Å². The van der Waals surface area contributed by atoms with Crippen LogP contribution in [-0.4, -0.2) is 48.8 Å². The summed E-state index contributed by atoms with van der Waals surface area (Å²) in [6.45, 7) is 11.8. The zero-order valence-corrected chi connectivity index (χ0v) is 15.0. The second-order valence-corrected chi connectivity index (χ2v) is 6.99. The van der Waals surface area contributed by atoms with Crippen molar-refractivity contribution in [2.24, 2.45) is 5.18 Å². The third-order valence-corrected chi connectivity index (χ3v) is 3.25. The summed E-state index contributed by atoms with van der Waals surface area (Å²) >= 11 is 0. The minimum atomic E-state index is -0.619. The molecular formula is C15H30N4O4. The Kier molecular flexibility index (Phi) is 8.74. The number of ether oxygens (including phenoxy) is 1. The van der Waals surface area contributed by atoms with Crippen LogP contribution in [0, 0.1) is 4.91 Å². The van der Waals surface area contributed by atoms with Crippen LogP contribution in [0.1, 0.15) is 48.0 Å². The summed E-state index contributed by atoms with van der Waals surface area (Å²) in [6, 6.07) is -0.338. The molecular weight excluding hydrogens is 300 g/mol. The quantitative estimate of drug-likeness (QED) is 0.439. The first-order valence-corrected chi connectivity index (χ1v) is 7.79. The van der Waals surface area contributed by atoms with Crippen LogP contribution in [0.3, 0.4) is 0 Å². The zero-order chi connectivity index (χ0) is 18.1. The third kappa shape index (κ3) is 10.6. The number of hydrogen-bond acceptors (Lipinski definition) is 6. The van der Waals surface area contributed by atoms with E-state index in [1.807, 2.05) is 13.8 Å². The molecule has 8 heteroatoms. The van der Waals surface area contributed by atoms with Gasteiger partial charge in [0.1, 0.15) is 11.6 Å². The molecule has 0 aromatic carbocycles. The maximum atomic E-state index is 11.6. The lowest BCUT2D eigenvalue weighted by Gasteiger charge is -2.28. The minimum Gasteiger partial charge on any atom is -0.444 e. The summed E-state index contributed by atoms with van der Waals surface area (Å²) in [5, 5.41) is 11.3. The molecule has 0 rings (SSSR count). The van der Waals surface area contributed by atoms with Crippen molar-refractivity contribution in [2.75, 3.05) is 19.6 Å². The van der Waals surface area contributed by atoms with Gasteiger partial charge in [-0.3, -0.25) is 4.79 Å². The van der Waals surface area contributed by atoms with E-state index in [0.29, 0.717) is 19.5 Å². The van der Waals surface area contributed by atoms with E-state index in [9.17, 15) is 14.5 Å². The molecule has 0 spiro atoms. The Hall–Kier alpha value is -1.70. The maximum absolute atomic E-state index is 11.6. The number of carbonyl (C=O) groups is 2. The number of nitrogens with zero attached hydrogens (tertiary/aromatic N) is 1. The number of nitroso groups, excluding NO2 is 1. The Morgan fingerprint density at radius 3 is 2.22 bits per heavy atom. The van der Waals surface area contributed by atoms with Crippen molar-refractivity contribution in [3.63, 3.8) is 0 Å². The predicted octanol–water partition coefficient (Wildman–Crippen LogP) is 1.54. The van der Waals surface area contributed by atoms with E-state index >= 15 is 0 Å². The van der Waals surface area contributed by atoms with E-state index < -0.39 is 11.7 Å². The normalized spacial score (nSPS) is 13.1. The molecule has 0 aliphatic rings. The topological polar surface area (TPSA) is 109 Å². The summed E-state index contributed by atoms with van der Waals surface area (Å²) in [5.41, 5.74) is -0.976. The van der Waals surface area contributed by atoms with E-state index in [2.05, 4.69) is 21.1 Å². The van der Waals surface area contributed by atoms with E-state index in [1.54, 1.807) is 27.7 Å². The van der Waals surface area contributed by atoms with Crippen LogP contribution >= 0.6 is 0 Å². The highest BCUT2D eigenvalue weighted by Gasteiger charge is 2.25. The Morgan fingerprint density at radius 1 is 1.09 bits per heavy atom. The first-order chi connectivity index (χ1) is 10.5. The Morgan fingerprint density at radius 2 is 1.70 bits per heavy atom. The molecule has 2 amide bonds. The maximum Gasteiger partial charge on any atom is 0.408 e. The van der Waals surface area contributed by atoms with E-state index in [0.717, 1.165) is 0 Å². The highest BCUT2D eigenvalue weighted by molar-refractivity contribution is 5.82. The van der Waals surface area contributed by atoms with Crippen molar-refractivity contribution in [1.29, 1.82) is 0 Å². The van der Waals surface area contributed by atoms with Gasteiger partial charge >= 0.3 is 6.09 Å². The van der Waals surface area contributed by atoms with Gasteiger partial charge in [0.15, 0.2) is 0 Å². The molecule has 8 nitrogen and oxygen atoms in total. The highest BCUT2D eigenvalue weighted by atomic mass is 16.6. The Bertz CT molecular complexity index is 405. The van der Waals surface area contributed by atoms with Crippen LogP contribution in [-0.2, 0) is 9.53 Å². The summed E-state index contributed by atoms with van der Waals surface area (Å²) in [4.78, 5) is 33.5. The Labute approximate surface area is 138 Å². The average molecular weight is 330 g/mol. The summed E-state index contributed by atoms with van der Waals surface area (Å²) < 4.78 is 5.03. The fourth-order valence-corrected chi connectivity index (χ4v) is 1.54. The molecule has 0 aromatic heterocycles. The SMILES string of the molecule is CC(N=O)C(C)(C)NCCCNC(=O)CNC(=O)OC(C)(C)C. The molecule has 0 radical (unpaired) electrons. The number of carbonyl (C=O) groups excluding carboxylic acids is 2. The van der Waals surface area contributed by atoms with Gasteiger partial charge in [0, 0.05) is 12.1 Å². The molecule has 3 N–H and O–H groups in total. The number of rotatable bonds is 9. The number of hydrogen-bond donors (Lipinski definition) is 3. The molecule has 0 aliphatic carbocycles. The molecule has 1 unspecified atom stereocenters. The summed E-state index contributed by atoms with van der Waals surface area (Å²) in [6.07, 6.45) is 0.0825. The first-order valence-electron chi connectivity index (χ1n) is 7.79. The average Bonchev–Trinajstić information content (AvgIpc) is 2.41. The lowest BCUT2D eigenvalue weighted by molar-refractivity contribution is -0.120. The molecule has 23 heavy (non-hydrogen) atoms. The van der Waals surface area contributed by atoms with Crippen molar-refractivity contribution < 1.29 is 14.3 Å². The van der Waals surface area contributed by atoms with Gasteiger partial charge < -0.3 is 20.7 Å². The van der Waals surface area contributed by atoms with Crippen LogP contribution in [0.5, 0.6) is 0 Å². The zero-order valence-electron chi connectivity index (χ0n) is 15.0. The van der Waals surface area contributed by atoms with Crippen LogP contribution in [0.25, 0.3) is 0 Å². The largest absolute Gasteiger partial charge is 0.444 e. The molecule has 1 atom stereocenters. The molecule has 0 fully saturated rings. The fourth-order valence-electron chi connectivity index (χ4n) is 1.54. The van der Waals surface area contributed by atoms with Gasteiger partial charge in [-0.15, -0.1) is 0 Å². The molecule has 134 valence electrons. The molecule has 0 saturated heterocycles. The Balaban J connectivity index is 3.80. The number of alkyl carbamates (subject to hydrolysis) is 1. The van der Waals surface area contributed by atoms with E-state index in [1.165, 1.54) is 0 Å². The summed E-state index contributed by atoms with van der Waals surface area (Å²) in [5.74, 6) is -0.280. The lowest BCUT2D eigenvalue weighted by Crippen LogP contribution is -2.48. The van der Waals surface area contributed by atoms with Crippen LogP contribution < -0.4 is 16.0 Å². The number of nitrogens with one attached hydrogen (secondary N) is 3. The van der Waals surface area contributed by atoms with Gasteiger partial charge in [0.2, 0.25) is 5.91 Å². The standard InChI is InChI=1S/C15H30N4O4/c1-11(19-22)15(5,6)18-9-7-8-16-12(20)10-17-13(21)23-14(2,3)4/h11,18H,7-10H2,1-6H3,(H,16,20)(H,17,21). The fraction of sp³-hybridized carbons (Fsp3) is 0.867.